The fraction of sp³-hybridized carbons (Fsp3) is 0.909. The van der Waals surface area contributed by atoms with E-state index in [1.165, 1.54) is 12.8 Å². The van der Waals surface area contributed by atoms with Gasteiger partial charge in [0, 0.05) is 6.54 Å². The van der Waals surface area contributed by atoms with Crippen molar-refractivity contribution in [1.29, 1.82) is 0 Å². The van der Waals surface area contributed by atoms with E-state index in [0.717, 1.165) is 12.8 Å². The van der Waals surface area contributed by atoms with Crippen LogP contribution in [0.25, 0.3) is 0 Å². The predicted molar refractivity (Wildman–Crippen MR) is 55.9 cm³/mol. The predicted octanol–water partition coefficient (Wildman–Crippen LogP) is 1.86. The number of hydrogen-bond acceptors (Lipinski definition) is 2. The molecule has 0 spiro atoms. The second-order valence-corrected chi connectivity index (χ2v) is 5.07. The van der Waals surface area contributed by atoms with Crippen molar-refractivity contribution >= 4 is 5.97 Å². The molecule has 0 aromatic rings. The average Bonchev–Trinajstić information content (AvgIpc) is 2.79. The van der Waals surface area contributed by atoms with Gasteiger partial charge in [-0.3, -0.25) is 4.79 Å². The first-order valence-electron chi connectivity index (χ1n) is 5.42. The molecule has 3 nitrogen and oxygen atoms in total. The lowest BCUT2D eigenvalue weighted by atomic mass is 9.85. The minimum absolute atomic E-state index is 0.273. The van der Waals surface area contributed by atoms with Crippen LogP contribution in [-0.2, 0) is 4.79 Å². The van der Waals surface area contributed by atoms with Crippen LogP contribution in [0.3, 0.4) is 0 Å². The van der Waals surface area contributed by atoms with Crippen molar-refractivity contribution in [3.63, 3.8) is 0 Å². The van der Waals surface area contributed by atoms with E-state index in [-0.39, 0.29) is 12.5 Å². The summed E-state index contributed by atoms with van der Waals surface area (Å²) in [6.45, 7) is 4.66. The Labute approximate surface area is 85.7 Å². The maximum absolute atomic E-state index is 10.8. The zero-order valence-electron chi connectivity index (χ0n) is 9.12. The fourth-order valence-corrected chi connectivity index (χ4v) is 2.33. The third kappa shape index (κ3) is 2.98. The number of hydrogen-bond donors (Lipinski definition) is 2. The Morgan fingerprint density at radius 3 is 2.29 bits per heavy atom. The van der Waals surface area contributed by atoms with Gasteiger partial charge in [-0.05, 0) is 37.0 Å². The molecule has 14 heavy (non-hydrogen) atoms. The number of carboxylic acid groups (broad SMARTS) is 1. The van der Waals surface area contributed by atoms with E-state index in [2.05, 4.69) is 13.8 Å². The molecule has 0 aliphatic heterocycles. The average molecular weight is 199 g/mol. The Morgan fingerprint density at radius 1 is 1.43 bits per heavy atom. The highest BCUT2D eigenvalue weighted by Gasteiger charge is 2.45. The van der Waals surface area contributed by atoms with Gasteiger partial charge in [-0.15, -0.1) is 0 Å². The zero-order chi connectivity index (χ0) is 10.8. The summed E-state index contributed by atoms with van der Waals surface area (Å²) in [5, 5.41) is 8.92. The molecule has 0 bridgehead atoms. The lowest BCUT2D eigenvalue weighted by molar-refractivity contribution is -0.142. The molecule has 0 heterocycles. The maximum Gasteiger partial charge on any atom is 0.307 e. The molecule has 82 valence electrons. The molecule has 0 aromatic heterocycles. The maximum atomic E-state index is 10.8. The Bertz CT molecular complexity index is 209. The molecule has 3 N–H and O–H groups in total. The number of aliphatic carboxylic acids is 1. The molecule has 1 aliphatic carbocycles. The van der Waals surface area contributed by atoms with Gasteiger partial charge < -0.3 is 10.8 Å². The van der Waals surface area contributed by atoms with E-state index >= 15 is 0 Å². The van der Waals surface area contributed by atoms with Crippen molar-refractivity contribution in [1.82, 2.24) is 0 Å². The lowest BCUT2D eigenvalue weighted by Crippen LogP contribution is -2.26. The molecule has 1 rings (SSSR count). The molecule has 0 amide bonds. The molecule has 3 heteroatoms. The van der Waals surface area contributed by atoms with Crippen LogP contribution in [0.2, 0.25) is 0 Å². The molecule has 0 saturated heterocycles. The van der Waals surface area contributed by atoms with Crippen molar-refractivity contribution in [2.45, 2.75) is 39.5 Å². The molecule has 1 atom stereocenters. The largest absolute Gasteiger partial charge is 0.481 e. The van der Waals surface area contributed by atoms with Crippen molar-refractivity contribution in [2.24, 2.45) is 23.0 Å². The van der Waals surface area contributed by atoms with Gasteiger partial charge in [0.2, 0.25) is 0 Å². The third-order valence-corrected chi connectivity index (χ3v) is 3.11. The van der Waals surface area contributed by atoms with E-state index < -0.39 is 5.97 Å². The summed E-state index contributed by atoms with van der Waals surface area (Å²) in [5.41, 5.74) is 5.77. The van der Waals surface area contributed by atoms with Crippen LogP contribution in [0.15, 0.2) is 0 Å². The minimum atomic E-state index is -0.734. The smallest absolute Gasteiger partial charge is 0.307 e. The van der Waals surface area contributed by atoms with Gasteiger partial charge in [-0.25, -0.2) is 0 Å². The normalized spacial score (nSPS) is 20.9. The summed E-state index contributed by atoms with van der Waals surface area (Å²) in [7, 11) is 0. The highest BCUT2D eigenvalue weighted by molar-refractivity contribution is 5.70. The van der Waals surface area contributed by atoms with Crippen LogP contribution >= 0.6 is 0 Å². The Hall–Kier alpha value is -0.570. The standard InChI is InChI=1S/C11H21NO2/c1-8(2)5-11(3-4-11)6-9(7-12)10(13)14/h8-9H,3-7,12H2,1-2H3,(H,13,14). The first kappa shape index (κ1) is 11.5. The lowest BCUT2D eigenvalue weighted by Gasteiger charge is -2.20. The first-order chi connectivity index (χ1) is 6.49. The highest BCUT2D eigenvalue weighted by atomic mass is 16.4. The molecular formula is C11H21NO2. The molecule has 1 saturated carbocycles. The van der Waals surface area contributed by atoms with E-state index in [9.17, 15) is 4.79 Å². The zero-order valence-corrected chi connectivity index (χ0v) is 9.12. The summed E-state index contributed by atoms with van der Waals surface area (Å²) in [6, 6.07) is 0. The SMILES string of the molecule is CC(C)CC1(CC(CN)C(=O)O)CC1. The van der Waals surface area contributed by atoms with Crippen LogP contribution < -0.4 is 5.73 Å². The van der Waals surface area contributed by atoms with Crippen LogP contribution in [0.1, 0.15) is 39.5 Å². The molecular weight excluding hydrogens is 178 g/mol. The van der Waals surface area contributed by atoms with Gasteiger partial charge in [-0.1, -0.05) is 13.8 Å². The third-order valence-electron chi connectivity index (χ3n) is 3.11. The number of carbonyl (C=O) groups is 1. The van der Waals surface area contributed by atoms with Crippen LogP contribution in [-0.4, -0.2) is 17.6 Å². The Kier molecular flexibility index (Phi) is 3.53. The van der Waals surface area contributed by atoms with Crippen molar-refractivity contribution in [3.05, 3.63) is 0 Å². The highest BCUT2D eigenvalue weighted by Crippen LogP contribution is 2.54. The summed E-state index contributed by atoms with van der Waals surface area (Å²) in [4.78, 5) is 10.8. The fourth-order valence-electron chi connectivity index (χ4n) is 2.33. The second kappa shape index (κ2) is 4.30. The van der Waals surface area contributed by atoms with Crippen molar-refractivity contribution < 1.29 is 9.90 Å². The number of carboxylic acids is 1. The van der Waals surface area contributed by atoms with E-state index in [1.54, 1.807) is 0 Å². The molecule has 1 aliphatic rings. The first-order valence-corrected chi connectivity index (χ1v) is 5.42. The van der Waals surface area contributed by atoms with Crippen LogP contribution in [0.4, 0.5) is 0 Å². The van der Waals surface area contributed by atoms with E-state index in [4.69, 9.17) is 10.8 Å². The Balaban J connectivity index is 2.45. The molecule has 0 radical (unpaired) electrons. The molecule has 0 aromatic carbocycles. The van der Waals surface area contributed by atoms with Gasteiger partial charge in [0.15, 0.2) is 0 Å². The van der Waals surface area contributed by atoms with Gasteiger partial charge in [0.1, 0.15) is 0 Å². The molecule has 1 unspecified atom stereocenters. The van der Waals surface area contributed by atoms with Gasteiger partial charge in [0.25, 0.3) is 0 Å². The topological polar surface area (TPSA) is 63.3 Å². The van der Waals surface area contributed by atoms with Gasteiger partial charge in [0.05, 0.1) is 5.92 Å². The summed E-state index contributed by atoms with van der Waals surface area (Å²) >= 11 is 0. The van der Waals surface area contributed by atoms with Gasteiger partial charge in [-0.2, -0.15) is 0 Å². The minimum Gasteiger partial charge on any atom is -0.481 e. The number of nitrogens with two attached hydrogens (primary N) is 1. The summed E-state index contributed by atoms with van der Waals surface area (Å²) in [6.07, 6.45) is 4.30. The van der Waals surface area contributed by atoms with Crippen molar-refractivity contribution in [3.8, 4) is 0 Å². The summed E-state index contributed by atoms with van der Waals surface area (Å²) < 4.78 is 0. The second-order valence-electron chi connectivity index (χ2n) is 5.07. The van der Waals surface area contributed by atoms with Crippen LogP contribution in [0, 0.1) is 17.3 Å². The van der Waals surface area contributed by atoms with E-state index in [1.807, 2.05) is 0 Å². The molecule has 1 fully saturated rings. The van der Waals surface area contributed by atoms with Crippen molar-refractivity contribution in [2.75, 3.05) is 6.54 Å². The Morgan fingerprint density at radius 2 is 2.00 bits per heavy atom. The quantitative estimate of drug-likeness (QED) is 0.686. The van der Waals surface area contributed by atoms with Gasteiger partial charge >= 0.3 is 5.97 Å². The van der Waals surface area contributed by atoms with E-state index in [0.29, 0.717) is 11.3 Å². The summed E-state index contributed by atoms with van der Waals surface area (Å²) in [5.74, 6) is -0.413. The number of rotatable bonds is 6. The monoisotopic (exact) mass is 199 g/mol. The van der Waals surface area contributed by atoms with Crippen LogP contribution in [0.5, 0.6) is 0 Å².